The quantitative estimate of drug-likeness (QED) is 0.843. The van der Waals surface area contributed by atoms with Crippen LogP contribution >= 0.6 is 15.9 Å². The van der Waals surface area contributed by atoms with Gasteiger partial charge < -0.3 is 5.11 Å². The van der Waals surface area contributed by atoms with Crippen molar-refractivity contribution in [3.63, 3.8) is 0 Å². The van der Waals surface area contributed by atoms with Crippen LogP contribution in [0.5, 0.6) is 0 Å². The summed E-state index contributed by atoms with van der Waals surface area (Å²) >= 11 is 3.33. The lowest BCUT2D eigenvalue weighted by Crippen LogP contribution is -2.34. The van der Waals surface area contributed by atoms with Crippen molar-refractivity contribution >= 4 is 21.9 Å². The second-order valence-corrected chi connectivity index (χ2v) is 6.68. The van der Waals surface area contributed by atoms with Gasteiger partial charge in [-0.1, -0.05) is 48.0 Å². The molecule has 1 aromatic rings. The summed E-state index contributed by atoms with van der Waals surface area (Å²) in [6.45, 7) is 0. The molecule has 0 aromatic heterocycles. The van der Waals surface area contributed by atoms with Crippen LogP contribution in [0.2, 0.25) is 0 Å². The average molecular weight is 343 g/mol. The lowest BCUT2D eigenvalue weighted by atomic mass is 9.72. The number of carbonyl (C=O) groups is 1. The van der Waals surface area contributed by atoms with E-state index in [1.54, 1.807) is 12.1 Å². The molecule has 4 heteroatoms. The van der Waals surface area contributed by atoms with Crippen molar-refractivity contribution < 1.29 is 14.3 Å². The van der Waals surface area contributed by atoms with Crippen molar-refractivity contribution in [3.8, 4) is 0 Å². The largest absolute Gasteiger partial charge is 0.481 e. The van der Waals surface area contributed by atoms with Gasteiger partial charge in [0, 0.05) is 4.47 Å². The van der Waals surface area contributed by atoms with Crippen LogP contribution in [-0.2, 0) is 11.2 Å². The molecular formula is C16H20BrFO2. The van der Waals surface area contributed by atoms with Gasteiger partial charge in [0.2, 0.25) is 0 Å². The highest BCUT2D eigenvalue weighted by Gasteiger charge is 2.38. The maximum atomic E-state index is 13.9. The Balaban J connectivity index is 2.27. The van der Waals surface area contributed by atoms with Crippen LogP contribution in [0.1, 0.15) is 50.5 Å². The molecule has 0 radical (unpaired) electrons. The molecule has 1 N–H and O–H groups in total. The molecule has 0 bridgehead atoms. The molecule has 0 aliphatic heterocycles. The van der Waals surface area contributed by atoms with Crippen molar-refractivity contribution in [2.75, 3.05) is 0 Å². The molecule has 0 unspecified atom stereocenters. The fraction of sp³-hybridized carbons (Fsp3) is 0.562. The lowest BCUT2D eigenvalue weighted by Gasteiger charge is -2.31. The van der Waals surface area contributed by atoms with E-state index in [-0.39, 0.29) is 12.2 Å². The lowest BCUT2D eigenvalue weighted by molar-refractivity contribution is -0.150. The molecule has 0 amide bonds. The van der Waals surface area contributed by atoms with Gasteiger partial charge in [-0.05, 0) is 43.0 Å². The van der Waals surface area contributed by atoms with E-state index in [0.717, 1.165) is 30.2 Å². The zero-order valence-electron chi connectivity index (χ0n) is 11.5. The van der Waals surface area contributed by atoms with Crippen LogP contribution in [0, 0.1) is 11.2 Å². The van der Waals surface area contributed by atoms with Crippen LogP contribution in [-0.4, -0.2) is 11.1 Å². The molecule has 1 aliphatic rings. The molecule has 1 aliphatic carbocycles. The Labute approximate surface area is 127 Å². The van der Waals surface area contributed by atoms with Gasteiger partial charge in [0.05, 0.1) is 5.41 Å². The Morgan fingerprint density at radius 1 is 1.20 bits per heavy atom. The van der Waals surface area contributed by atoms with Crippen LogP contribution in [0.25, 0.3) is 0 Å². The van der Waals surface area contributed by atoms with Crippen molar-refractivity contribution in [1.82, 2.24) is 0 Å². The molecule has 20 heavy (non-hydrogen) atoms. The van der Waals surface area contributed by atoms with E-state index in [1.165, 1.54) is 12.5 Å². The first-order valence-electron chi connectivity index (χ1n) is 7.21. The number of hydrogen-bond acceptors (Lipinski definition) is 1. The third-order valence-electron chi connectivity index (χ3n) is 4.30. The van der Waals surface area contributed by atoms with Gasteiger partial charge in [-0.2, -0.15) is 0 Å². The van der Waals surface area contributed by atoms with Crippen LogP contribution in [0.4, 0.5) is 4.39 Å². The molecule has 110 valence electrons. The topological polar surface area (TPSA) is 37.3 Å². The van der Waals surface area contributed by atoms with E-state index in [9.17, 15) is 14.3 Å². The van der Waals surface area contributed by atoms with E-state index in [2.05, 4.69) is 15.9 Å². The first-order chi connectivity index (χ1) is 9.53. The molecule has 1 fully saturated rings. The smallest absolute Gasteiger partial charge is 0.309 e. The fourth-order valence-corrected chi connectivity index (χ4v) is 3.50. The van der Waals surface area contributed by atoms with Gasteiger partial charge >= 0.3 is 5.97 Å². The molecule has 0 saturated heterocycles. The summed E-state index contributed by atoms with van der Waals surface area (Å²) in [5, 5.41) is 9.69. The fourth-order valence-electron chi connectivity index (χ4n) is 3.09. The maximum absolute atomic E-state index is 13.9. The molecule has 2 nitrogen and oxygen atoms in total. The maximum Gasteiger partial charge on any atom is 0.309 e. The van der Waals surface area contributed by atoms with E-state index in [4.69, 9.17) is 0 Å². The third kappa shape index (κ3) is 3.60. The minimum atomic E-state index is -0.804. The minimum absolute atomic E-state index is 0.285. The van der Waals surface area contributed by atoms with Gasteiger partial charge in [0.1, 0.15) is 5.82 Å². The molecule has 0 heterocycles. The standard InChI is InChI=1S/C16H20BrFO2/c17-13-6-7-14(18)12(10-13)11-16(15(19)20)8-4-2-1-3-5-9-16/h6-7,10H,1-5,8-9,11H2,(H,19,20). The summed E-state index contributed by atoms with van der Waals surface area (Å²) < 4.78 is 14.7. The zero-order valence-corrected chi connectivity index (χ0v) is 13.1. The Hall–Kier alpha value is -0.900. The zero-order chi connectivity index (χ0) is 14.6. The van der Waals surface area contributed by atoms with E-state index < -0.39 is 11.4 Å². The van der Waals surface area contributed by atoms with Gasteiger partial charge in [-0.15, -0.1) is 0 Å². The Morgan fingerprint density at radius 3 is 2.40 bits per heavy atom. The summed E-state index contributed by atoms with van der Waals surface area (Å²) in [5.41, 5.74) is -0.301. The number of benzene rings is 1. The second-order valence-electron chi connectivity index (χ2n) is 5.77. The number of aliphatic carboxylic acids is 1. The summed E-state index contributed by atoms with van der Waals surface area (Å²) in [4.78, 5) is 11.8. The average Bonchev–Trinajstić information content (AvgIpc) is 2.36. The molecule has 1 aromatic carbocycles. The molecule has 1 saturated carbocycles. The number of carboxylic acid groups (broad SMARTS) is 1. The van der Waals surface area contributed by atoms with Gasteiger partial charge in [0.15, 0.2) is 0 Å². The number of halogens is 2. The van der Waals surface area contributed by atoms with Gasteiger partial charge in [0.25, 0.3) is 0 Å². The van der Waals surface area contributed by atoms with Crippen molar-refractivity contribution in [1.29, 1.82) is 0 Å². The molecule has 0 spiro atoms. The Kier molecular flexibility index (Phi) is 5.19. The third-order valence-corrected chi connectivity index (χ3v) is 4.79. The van der Waals surface area contributed by atoms with E-state index in [1.807, 2.05) is 0 Å². The highest BCUT2D eigenvalue weighted by Crippen LogP contribution is 2.38. The normalized spacial score (nSPS) is 19.1. The van der Waals surface area contributed by atoms with Crippen molar-refractivity contribution in [3.05, 3.63) is 34.1 Å². The van der Waals surface area contributed by atoms with Crippen LogP contribution < -0.4 is 0 Å². The predicted molar refractivity (Wildman–Crippen MR) is 80.2 cm³/mol. The molecular weight excluding hydrogens is 323 g/mol. The number of rotatable bonds is 3. The number of carboxylic acids is 1. The second kappa shape index (κ2) is 6.70. The van der Waals surface area contributed by atoms with Gasteiger partial charge in [-0.3, -0.25) is 4.79 Å². The van der Waals surface area contributed by atoms with Crippen molar-refractivity contribution in [2.45, 2.75) is 51.4 Å². The Bertz CT molecular complexity index is 479. The summed E-state index contributed by atoms with van der Waals surface area (Å²) in [6, 6.07) is 4.75. The van der Waals surface area contributed by atoms with Gasteiger partial charge in [-0.25, -0.2) is 4.39 Å². The summed E-state index contributed by atoms with van der Waals surface area (Å²) in [5.74, 6) is -1.09. The van der Waals surface area contributed by atoms with Crippen molar-refractivity contribution in [2.24, 2.45) is 5.41 Å². The van der Waals surface area contributed by atoms with E-state index in [0.29, 0.717) is 18.4 Å². The first-order valence-corrected chi connectivity index (χ1v) is 8.00. The minimum Gasteiger partial charge on any atom is -0.481 e. The monoisotopic (exact) mass is 342 g/mol. The van der Waals surface area contributed by atoms with Crippen LogP contribution in [0.15, 0.2) is 22.7 Å². The predicted octanol–water partition coefficient (Wildman–Crippen LogP) is 4.95. The summed E-state index contributed by atoms with van der Waals surface area (Å²) in [6.07, 6.45) is 6.76. The highest BCUT2D eigenvalue weighted by atomic mass is 79.9. The first kappa shape index (κ1) is 15.5. The van der Waals surface area contributed by atoms with E-state index >= 15 is 0 Å². The Morgan fingerprint density at radius 2 is 1.80 bits per heavy atom. The SMILES string of the molecule is O=C(O)C1(Cc2cc(Br)ccc2F)CCCCCCC1. The molecule has 0 atom stereocenters. The highest BCUT2D eigenvalue weighted by molar-refractivity contribution is 9.10. The van der Waals surface area contributed by atoms with Crippen LogP contribution in [0.3, 0.4) is 0 Å². The molecule has 2 rings (SSSR count). The number of hydrogen-bond donors (Lipinski definition) is 1. The summed E-state index contributed by atoms with van der Waals surface area (Å²) in [7, 11) is 0.